The quantitative estimate of drug-likeness (QED) is 0.684. The summed E-state index contributed by atoms with van der Waals surface area (Å²) in [6, 6.07) is 2.21. The van der Waals surface area contributed by atoms with Crippen molar-refractivity contribution in [3.05, 3.63) is 9.88 Å². The Hall–Kier alpha value is -1.08. The second-order valence-corrected chi connectivity index (χ2v) is 4.39. The molecule has 0 spiro atoms. The molecule has 13 heavy (non-hydrogen) atoms. The minimum Gasteiger partial charge on any atom is -0.355 e. The number of aryl methyl sites for hydroxylation is 1. The van der Waals surface area contributed by atoms with Crippen LogP contribution in [0.1, 0.15) is 22.7 Å². The van der Waals surface area contributed by atoms with E-state index in [1.807, 2.05) is 6.92 Å². The number of hydrogen-bond donors (Lipinski definition) is 0. The van der Waals surface area contributed by atoms with E-state index in [0.717, 1.165) is 28.8 Å². The molecule has 1 aliphatic rings. The van der Waals surface area contributed by atoms with Crippen molar-refractivity contribution in [1.82, 2.24) is 4.98 Å². The van der Waals surface area contributed by atoms with E-state index in [0.29, 0.717) is 0 Å². The van der Waals surface area contributed by atoms with Gasteiger partial charge < -0.3 is 4.90 Å². The number of rotatable bonds is 1. The highest BCUT2D eigenvalue weighted by Gasteiger charge is 2.19. The maximum absolute atomic E-state index is 8.89. The van der Waals surface area contributed by atoms with Crippen molar-refractivity contribution in [2.75, 3.05) is 18.0 Å². The number of anilines is 1. The lowest BCUT2D eigenvalue weighted by molar-refractivity contribution is 0.939. The van der Waals surface area contributed by atoms with Crippen LogP contribution in [0.5, 0.6) is 0 Å². The molecule has 2 rings (SSSR count). The smallest absolute Gasteiger partial charge is 0.158 e. The van der Waals surface area contributed by atoms with Gasteiger partial charge in [0.2, 0.25) is 0 Å². The van der Waals surface area contributed by atoms with E-state index in [4.69, 9.17) is 5.26 Å². The summed E-state index contributed by atoms with van der Waals surface area (Å²) in [6.07, 6.45) is 2.45. The van der Waals surface area contributed by atoms with Crippen molar-refractivity contribution < 1.29 is 0 Å². The van der Waals surface area contributed by atoms with Gasteiger partial charge in [-0.3, -0.25) is 0 Å². The molecule has 1 fully saturated rings. The molecule has 1 saturated heterocycles. The summed E-state index contributed by atoms with van der Waals surface area (Å²) in [6.45, 7) is 4.06. The average Bonchev–Trinajstić information content (AvgIpc) is 2.71. The molecular formula is C9H11N3S. The van der Waals surface area contributed by atoms with Gasteiger partial charge in [0.15, 0.2) is 5.82 Å². The van der Waals surface area contributed by atoms with Crippen molar-refractivity contribution in [2.24, 2.45) is 0 Å². The van der Waals surface area contributed by atoms with E-state index in [-0.39, 0.29) is 0 Å². The molecular weight excluding hydrogens is 182 g/mol. The minimum atomic E-state index is 0.763. The molecule has 1 aliphatic heterocycles. The monoisotopic (exact) mass is 193 g/mol. The van der Waals surface area contributed by atoms with Crippen LogP contribution >= 0.6 is 11.3 Å². The third-order valence-corrected chi connectivity index (χ3v) is 3.09. The molecule has 0 N–H and O–H groups in total. The fourth-order valence-corrected chi connectivity index (χ4v) is 2.37. The molecule has 0 atom stereocenters. The van der Waals surface area contributed by atoms with Crippen LogP contribution in [0.3, 0.4) is 0 Å². The third-order valence-electron chi connectivity index (χ3n) is 2.22. The molecule has 0 amide bonds. The fraction of sp³-hybridized carbons (Fsp3) is 0.556. The first kappa shape index (κ1) is 8.52. The summed E-state index contributed by atoms with van der Waals surface area (Å²) in [4.78, 5) is 7.36. The van der Waals surface area contributed by atoms with Gasteiger partial charge in [0.25, 0.3) is 0 Å². The van der Waals surface area contributed by atoms with E-state index in [1.165, 1.54) is 24.2 Å². The van der Waals surface area contributed by atoms with E-state index in [2.05, 4.69) is 16.0 Å². The maximum Gasteiger partial charge on any atom is 0.158 e. The Morgan fingerprint density at radius 3 is 2.77 bits per heavy atom. The molecule has 0 radical (unpaired) electrons. The summed E-state index contributed by atoms with van der Waals surface area (Å²) in [5, 5.41) is 9.87. The first-order valence-electron chi connectivity index (χ1n) is 4.44. The van der Waals surface area contributed by atoms with Gasteiger partial charge in [-0.1, -0.05) is 0 Å². The Balaban J connectivity index is 2.33. The van der Waals surface area contributed by atoms with E-state index < -0.39 is 0 Å². The molecule has 0 unspecified atom stereocenters. The van der Waals surface area contributed by atoms with Gasteiger partial charge in [-0.05, 0) is 19.8 Å². The minimum absolute atomic E-state index is 0.763. The van der Waals surface area contributed by atoms with Gasteiger partial charge >= 0.3 is 0 Å². The highest BCUT2D eigenvalue weighted by molar-refractivity contribution is 7.12. The zero-order valence-corrected chi connectivity index (χ0v) is 8.39. The SMILES string of the molecule is Cc1nc(N2CCCC2)c(C#N)s1. The van der Waals surface area contributed by atoms with Crippen LogP contribution in [0.4, 0.5) is 5.82 Å². The first-order chi connectivity index (χ1) is 6.31. The summed E-state index contributed by atoms with van der Waals surface area (Å²) >= 11 is 1.49. The highest BCUT2D eigenvalue weighted by Crippen LogP contribution is 2.27. The van der Waals surface area contributed by atoms with Crippen molar-refractivity contribution >= 4 is 17.2 Å². The first-order valence-corrected chi connectivity index (χ1v) is 5.25. The number of hydrogen-bond acceptors (Lipinski definition) is 4. The van der Waals surface area contributed by atoms with Crippen LogP contribution in [-0.2, 0) is 0 Å². The summed E-state index contributed by atoms with van der Waals surface area (Å²) in [5.41, 5.74) is 0. The molecule has 0 bridgehead atoms. The average molecular weight is 193 g/mol. The van der Waals surface area contributed by atoms with Gasteiger partial charge in [0.05, 0.1) is 5.01 Å². The Bertz CT molecular complexity index is 344. The standard InChI is InChI=1S/C9H11N3S/c1-7-11-9(8(6-10)13-7)12-4-2-3-5-12/h2-5H2,1H3. The summed E-state index contributed by atoms with van der Waals surface area (Å²) in [5.74, 6) is 0.905. The molecule has 3 nitrogen and oxygen atoms in total. The zero-order chi connectivity index (χ0) is 9.26. The van der Waals surface area contributed by atoms with Crippen LogP contribution in [-0.4, -0.2) is 18.1 Å². The van der Waals surface area contributed by atoms with Gasteiger partial charge in [0, 0.05) is 13.1 Å². The Labute approximate surface area is 81.6 Å². The fourth-order valence-electron chi connectivity index (χ4n) is 1.63. The van der Waals surface area contributed by atoms with Crippen molar-refractivity contribution in [2.45, 2.75) is 19.8 Å². The van der Waals surface area contributed by atoms with Crippen LogP contribution < -0.4 is 4.90 Å². The number of nitriles is 1. The predicted octanol–water partition coefficient (Wildman–Crippen LogP) is 1.92. The largest absolute Gasteiger partial charge is 0.355 e. The molecule has 2 heterocycles. The van der Waals surface area contributed by atoms with Gasteiger partial charge in [0.1, 0.15) is 10.9 Å². The van der Waals surface area contributed by atoms with E-state index >= 15 is 0 Å². The van der Waals surface area contributed by atoms with Gasteiger partial charge in [-0.25, -0.2) is 4.98 Å². The number of thiazole rings is 1. The summed E-state index contributed by atoms with van der Waals surface area (Å²) < 4.78 is 0. The Kier molecular flexibility index (Phi) is 2.19. The highest BCUT2D eigenvalue weighted by atomic mass is 32.1. The van der Waals surface area contributed by atoms with Crippen LogP contribution in [0, 0.1) is 18.3 Å². The molecule has 0 aromatic carbocycles. The molecule has 68 valence electrons. The zero-order valence-electron chi connectivity index (χ0n) is 7.58. The normalized spacial score (nSPS) is 16.2. The summed E-state index contributed by atoms with van der Waals surface area (Å²) in [7, 11) is 0. The second-order valence-electron chi connectivity index (χ2n) is 3.19. The number of nitrogens with zero attached hydrogens (tertiary/aromatic N) is 3. The lowest BCUT2D eigenvalue weighted by atomic mass is 10.4. The van der Waals surface area contributed by atoms with E-state index in [1.54, 1.807) is 0 Å². The van der Waals surface area contributed by atoms with Crippen molar-refractivity contribution in [3.8, 4) is 6.07 Å². The molecule has 1 aromatic rings. The van der Waals surface area contributed by atoms with Crippen molar-refractivity contribution in [3.63, 3.8) is 0 Å². The van der Waals surface area contributed by atoms with Gasteiger partial charge in [-0.15, -0.1) is 11.3 Å². The van der Waals surface area contributed by atoms with Crippen LogP contribution in [0.25, 0.3) is 0 Å². The molecule has 4 heteroatoms. The number of aromatic nitrogens is 1. The molecule has 1 aromatic heterocycles. The Morgan fingerprint density at radius 2 is 2.15 bits per heavy atom. The lowest BCUT2D eigenvalue weighted by Gasteiger charge is -2.13. The third kappa shape index (κ3) is 1.52. The predicted molar refractivity (Wildman–Crippen MR) is 53.0 cm³/mol. The topological polar surface area (TPSA) is 39.9 Å². The second kappa shape index (κ2) is 3.35. The lowest BCUT2D eigenvalue weighted by Crippen LogP contribution is -2.18. The van der Waals surface area contributed by atoms with Crippen LogP contribution in [0.2, 0.25) is 0 Å². The van der Waals surface area contributed by atoms with Crippen LogP contribution in [0.15, 0.2) is 0 Å². The molecule has 0 aliphatic carbocycles. The van der Waals surface area contributed by atoms with Crippen molar-refractivity contribution in [1.29, 1.82) is 5.26 Å². The maximum atomic E-state index is 8.89. The van der Waals surface area contributed by atoms with E-state index in [9.17, 15) is 0 Å². The molecule has 0 saturated carbocycles. The Morgan fingerprint density at radius 1 is 1.46 bits per heavy atom. The van der Waals surface area contributed by atoms with Gasteiger partial charge in [-0.2, -0.15) is 5.26 Å².